The molecule has 5 heteroatoms. The minimum atomic E-state index is -0.764. The first kappa shape index (κ1) is 19.9. The fourth-order valence-electron chi connectivity index (χ4n) is 4.73. The van der Waals surface area contributed by atoms with E-state index in [1.807, 2.05) is 6.07 Å². The monoisotopic (exact) mass is 395 g/mol. The molecule has 2 aromatic carbocycles. The molecule has 29 heavy (non-hydrogen) atoms. The van der Waals surface area contributed by atoms with Crippen LogP contribution in [-0.4, -0.2) is 43.1 Å². The molecule has 1 N–H and O–H groups in total. The Kier molecular flexibility index (Phi) is 5.88. The maximum Gasteiger partial charge on any atom is 0.169 e. The highest BCUT2D eigenvalue weighted by atomic mass is 16.5. The third-order valence-electron chi connectivity index (χ3n) is 6.40. The minimum absolute atomic E-state index is 0.0279. The average Bonchev–Trinajstić information content (AvgIpc) is 2.99. The summed E-state index contributed by atoms with van der Waals surface area (Å²) in [4.78, 5) is 15.5. The normalized spacial score (nSPS) is 22.5. The number of piperidine rings is 1. The number of nitrogens with zero attached hydrogens (tertiary/aromatic N) is 1. The molecule has 0 spiro atoms. The van der Waals surface area contributed by atoms with Crippen LogP contribution in [0.4, 0.5) is 0 Å². The lowest BCUT2D eigenvalue weighted by molar-refractivity contribution is 0.0644. The van der Waals surface area contributed by atoms with Gasteiger partial charge in [-0.15, -0.1) is 0 Å². The summed E-state index contributed by atoms with van der Waals surface area (Å²) >= 11 is 0. The first-order valence-electron chi connectivity index (χ1n) is 10.3. The van der Waals surface area contributed by atoms with Crippen molar-refractivity contribution >= 4 is 5.78 Å². The second kappa shape index (κ2) is 8.56. The van der Waals surface area contributed by atoms with Crippen LogP contribution in [-0.2, 0) is 6.54 Å². The molecule has 0 aromatic heterocycles. The Balaban J connectivity index is 1.38. The van der Waals surface area contributed by atoms with E-state index in [1.54, 1.807) is 26.4 Å². The molecule has 0 radical (unpaired) electrons. The van der Waals surface area contributed by atoms with E-state index in [0.717, 1.165) is 38.9 Å². The second-order valence-electron chi connectivity index (χ2n) is 8.15. The lowest BCUT2D eigenvalue weighted by Gasteiger charge is -2.33. The van der Waals surface area contributed by atoms with Gasteiger partial charge in [0.05, 0.1) is 26.2 Å². The summed E-state index contributed by atoms with van der Waals surface area (Å²) in [5.74, 6) is 1.20. The number of hydrogen-bond acceptors (Lipinski definition) is 5. The largest absolute Gasteiger partial charge is 0.493 e. The van der Waals surface area contributed by atoms with Crippen molar-refractivity contribution < 1.29 is 19.4 Å². The van der Waals surface area contributed by atoms with E-state index in [2.05, 4.69) is 29.2 Å². The van der Waals surface area contributed by atoms with Gasteiger partial charge in [0.1, 0.15) is 0 Å². The number of ether oxygens (including phenoxy) is 2. The number of hydrogen-bond donors (Lipinski definition) is 1. The van der Waals surface area contributed by atoms with Crippen LogP contribution in [0.2, 0.25) is 0 Å². The smallest absolute Gasteiger partial charge is 0.169 e. The molecule has 0 unspecified atom stereocenters. The molecule has 1 aliphatic heterocycles. The lowest BCUT2D eigenvalue weighted by atomic mass is 9.84. The highest BCUT2D eigenvalue weighted by Gasteiger charge is 2.41. The average molecular weight is 395 g/mol. The van der Waals surface area contributed by atoms with Crippen LogP contribution < -0.4 is 9.47 Å². The second-order valence-corrected chi connectivity index (χ2v) is 8.15. The summed E-state index contributed by atoms with van der Waals surface area (Å²) in [6.07, 6.45) is 2.09. The van der Waals surface area contributed by atoms with Gasteiger partial charge in [-0.3, -0.25) is 9.69 Å². The Labute approximate surface area is 172 Å². The quantitative estimate of drug-likeness (QED) is 0.805. The fraction of sp³-hybridized carbons (Fsp3) is 0.458. The van der Waals surface area contributed by atoms with Gasteiger partial charge < -0.3 is 14.6 Å². The number of methoxy groups -OCH3 is 2. The number of rotatable bonds is 6. The van der Waals surface area contributed by atoms with Crippen LogP contribution in [0.3, 0.4) is 0 Å². The van der Waals surface area contributed by atoms with E-state index in [1.165, 1.54) is 5.56 Å². The van der Waals surface area contributed by atoms with E-state index >= 15 is 0 Å². The molecule has 154 valence electrons. The van der Waals surface area contributed by atoms with Gasteiger partial charge in [0.15, 0.2) is 17.3 Å². The number of aliphatic hydroxyl groups is 1. The zero-order chi connectivity index (χ0) is 20.4. The summed E-state index contributed by atoms with van der Waals surface area (Å²) in [6, 6.07) is 14.0. The molecule has 0 saturated carbocycles. The highest BCUT2D eigenvalue weighted by molar-refractivity contribution is 6.03. The summed E-state index contributed by atoms with van der Waals surface area (Å²) in [5.41, 5.74) is 2.58. The molecule has 2 atom stereocenters. The maximum absolute atomic E-state index is 13.0. The number of carbonyl (C=O) groups excluding carboxylic acids is 1. The van der Waals surface area contributed by atoms with Crippen molar-refractivity contribution in [2.45, 2.75) is 31.9 Å². The van der Waals surface area contributed by atoms with Gasteiger partial charge in [-0.05, 0) is 61.5 Å². The summed E-state index contributed by atoms with van der Waals surface area (Å²) in [5, 5.41) is 10.8. The maximum atomic E-state index is 13.0. The first-order valence-corrected chi connectivity index (χ1v) is 10.3. The summed E-state index contributed by atoms with van der Waals surface area (Å²) in [6.45, 7) is 3.04. The van der Waals surface area contributed by atoms with E-state index in [0.29, 0.717) is 28.5 Å². The molecule has 1 aliphatic carbocycles. The van der Waals surface area contributed by atoms with Gasteiger partial charge in [-0.2, -0.15) is 0 Å². The number of carbonyl (C=O) groups is 1. The van der Waals surface area contributed by atoms with Crippen LogP contribution in [0, 0.1) is 11.8 Å². The van der Waals surface area contributed by atoms with E-state index in [9.17, 15) is 9.90 Å². The van der Waals surface area contributed by atoms with Crippen molar-refractivity contribution in [1.82, 2.24) is 4.90 Å². The first-order chi connectivity index (χ1) is 14.1. The number of fused-ring (bicyclic) bond motifs is 1. The fourth-order valence-corrected chi connectivity index (χ4v) is 4.73. The van der Waals surface area contributed by atoms with E-state index < -0.39 is 6.10 Å². The molecule has 4 rings (SSSR count). The molecule has 1 fully saturated rings. The molecule has 0 amide bonds. The van der Waals surface area contributed by atoms with Crippen LogP contribution in [0.25, 0.3) is 0 Å². The molecule has 5 nitrogen and oxygen atoms in total. The Morgan fingerprint density at radius 3 is 2.34 bits per heavy atom. The predicted molar refractivity (Wildman–Crippen MR) is 111 cm³/mol. The van der Waals surface area contributed by atoms with Gasteiger partial charge in [0.2, 0.25) is 0 Å². The zero-order valence-electron chi connectivity index (χ0n) is 17.1. The standard InChI is InChI=1S/C24H29NO4/c1-28-21-13-18-19(14-22(21)29-2)24(27)20(23(18)26)12-16-8-10-25(11-9-16)15-17-6-4-3-5-7-17/h3-7,13-14,16,20,23,26H,8-12,15H2,1-2H3/t20-,23+/m0/s1. The van der Waals surface area contributed by atoms with Crippen LogP contribution in [0.1, 0.15) is 46.9 Å². The lowest BCUT2D eigenvalue weighted by Crippen LogP contribution is -2.34. The highest BCUT2D eigenvalue weighted by Crippen LogP contribution is 2.45. The number of benzene rings is 2. The molecule has 2 aliphatic rings. The topological polar surface area (TPSA) is 59.0 Å². The van der Waals surface area contributed by atoms with Crippen LogP contribution in [0.15, 0.2) is 42.5 Å². The number of aliphatic hydroxyl groups excluding tert-OH is 1. The van der Waals surface area contributed by atoms with Crippen molar-refractivity contribution in [3.05, 3.63) is 59.2 Å². The van der Waals surface area contributed by atoms with Crippen molar-refractivity contribution in [2.75, 3.05) is 27.3 Å². The van der Waals surface area contributed by atoms with Crippen molar-refractivity contribution in [3.63, 3.8) is 0 Å². The Morgan fingerprint density at radius 1 is 1.03 bits per heavy atom. The van der Waals surface area contributed by atoms with Gasteiger partial charge in [0.25, 0.3) is 0 Å². The number of Topliss-reactive ketones (excluding diaryl/α,β-unsaturated/α-hetero) is 1. The SMILES string of the molecule is COc1cc2c(cc1OC)[C@@H](O)[C@H](CC1CCN(Cc3ccccc3)CC1)C2=O. The number of ketones is 1. The zero-order valence-corrected chi connectivity index (χ0v) is 17.1. The summed E-state index contributed by atoms with van der Waals surface area (Å²) in [7, 11) is 3.12. The van der Waals surface area contributed by atoms with Crippen molar-refractivity contribution in [2.24, 2.45) is 11.8 Å². The Morgan fingerprint density at radius 2 is 1.69 bits per heavy atom. The Hall–Kier alpha value is -2.37. The molecular formula is C24H29NO4. The molecule has 1 heterocycles. The molecular weight excluding hydrogens is 366 g/mol. The van der Waals surface area contributed by atoms with Gasteiger partial charge in [0, 0.05) is 12.1 Å². The van der Waals surface area contributed by atoms with Gasteiger partial charge in [-0.25, -0.2) is 0 Å². The van der Waals surface area contributed by atoms with E-state index in [-0.39, 0.29) is 11.7 Å². The van der Waals surface area contributed by atoms with Crippen LogP contribution >= 0.6 is 0 Å². The van der Waals surface area contributed by atoms with Crippen molar-refractivity contribution in [3.8, 4) is 11.5 Å². The summed E-state index contributed by atoms with van der Waals surface area (Å²) < 4.78 is 10.7. The number of likely N-dealkylation sites (tertiary alicyclic amines) is 1. The third-order valence-corrected chi connectivity index (χ3v) is 6.40. The van der Waals surface area contributed by atoms with E-state index in [4.69, 9.17) is 9.47 Å². The molecule has 1 saturated heterocycles. The third kappa shape index (κ3) is 4.02. The predicted octanol–water partition coefficient (Wildman–Crippen LogP) is 3.85. The molecule has 2 aromatic rings. The minimum Gasteiger partial charge on any atom is -0.493 e. The van der Waals surface area contributed by atoms with Crippen molar-refractivity contribution in [1.29, 1.82) is 0 Å². The van der Waals surface area contributed by atoms with Gasteiger partial charge >= 0.3 is 0 Å². The van der Waals surface area contributed by atoms with Gasteiger partial charge in [-0.1, -0.05) is 30.3 Å². The molecule has 0 bridgehead atoms. The van der Waals surface area contributed by atoms with Crippen LogP contribution in [0.5, 0.6) is 11.5 Å². The Bertz CT molecular complexity index is 859.